The molecule has 6 heteroatoms. The highest BCUT2D eigenvalue weighted by Gasteiger charge is 2.28. The van der Waals surface area contributed by atoms with Gasteiger partial charge in [-0.2, -0.15) is 15.4 Å². The molecule has 2 aliphatic rings. The molecule has 0 bridgehead atoms. The van der Waals surface area contributed by atoms with Gasteiger partial charge in [0.15, 0.2) is 5.69 Å². The number of piperidine rings is 1. The Balaban J connectivity index is 1.56. The molecule has 1 aliphatic carbocycles. The van der Waals surface area contributed by atoms with Gasteiger partial charge in [-0.1, -0.05) is 19.3 Å². The van der Waals surface area contributed by atoms with E-state index in [0.717, 1.165) is 19.0 Å². The molecule has 2 N–H and O–H groups in total. The highest BCUT2D eigenvalue weighted by molar-refractivity contribution is 5.93. The van der Waals surface area contributed by atoms with E-state index >= 15 is 0 Å². The van der Waals surface area contributed by atoms with Gasteiger partial charge in [0.25, 0.3) is 5.91 Å². The highest BCUT2D eigenvalue weighted by atomic mass is 16.2. The van der Waals surface area contributed by atoms with Gasteiger partial charge in [-0.25, -0.2) is 0 Å². The van der Waals surface area contributed by atoms with Crippen LogP contribution in [0.5, 0.6) is 0 Å². The van der Waals surface area contributed by atoms with Crippen LogP contribution in [0.3, 0.4) is 0 Å². The molecule has 1 saturated carbocycles. The molecule has 1 amide bonds. The van der Waals surface area contributed by atoms with Crippen molar-refractivity contribution in [3.63, 3.8) is 0 Å². The third-order valence-corrected chi connectivity index (χ3v) is 4.82. The second-order valence-corrected chi connectivity index (χ2v) is 6.36. The summed E-state index contributed by atoms with van der Waals surface area (Å²) in [5.74, 6) is -0.100. The van der Waals surface area contributed by atoms with E-state index in [9.17, 15) is 4.79 Å². The monoisotopic (exact) mass is 291 g/mol. The largest absolute Gasteiger partial charge is 0.347 e. The van der Waals surface area contributed by atoms with Gasteiger partial charge in [-0.15, -0.1) is 0 Å². The van der Waals surface area contributed by atoms with E-state index in [4.69, 9.17) is 0 Å². The predicted molar refractivity (Wildman–Crippen MR) is 80.1 cm³/mol. The number of likely N-dealkylation sites (tertiary alicyclic amines) is 1. The van der Waals surface area contributed by atoms with Crippen molar-refractivity contribution in [2.24, 2.45) is 0 Å². The summed E-state index contributed by atoms with van der Waals surface area (Å²) in [4.78, 5) is 14.8. The number of rotatable bonds is 3. The van der Waals surface area contributed by atoms with Crippen molar-refractivity contribution in [2.45, 2.75) is 64.0 Å². The molecule has 2 heterocycles. The Morgan fingerprint density at radius 3 is 2.71 bits per heavy atom. The number of hydrogen-bond donors (Lipinski definition) is 2. The van der Waals surface area contributed by atoms with Crippen molar-refractivity contribution in [3.8, 4) is 0 Å². The van der Waals surface area contributed by atoms with Gasteiger partial charge in [0.05, 0.1) is 5.69 Å². The third-order valence-electron chi connectivity index (χ3n) is 4.82. The zero-order chi connectivity index (χ0) is 14.7. The molecule has 0 aromatic carbocycles. The van der Waals surface area contributed by atoms with Gasteiger partial charge in [0.2, 0.25) is 0 Å². The molecule has 0 radical (unpaired) electrons. The quantitative estimate of drug-likeness (QED) is 0.888. The summed E-state index contributed by atoms with van der Waals surface area (Å²) in [7, 11) is 0. The number of amides is 1. The first-order valence-corrected chi connectivity index (χ1v) is 8.16. The van der Waals surface area contributed by atoms with Gasteiger partial charge in [0, 0.05) is 18.6 Å². The zero-order valence-electron chi connectivity index (χ0n) is 12.8. The van der Waals surface area contributed by atoms with Crippen LogP contribution in [0.4, 0.5) is 0 Å². The molecule has 6 nitrogen and oxygen atoms in total. The molecule has 1 aromatic rings. The van der Waals surface area contributed by atoms with Gasteiger partial charge < -0.3 is 5.32 Å². The normalized spacial score (nSPS) is 24.9. The summed E-state index contributed by atoms with van der Waals surface area (Å²) in [5.41, 5.74) is 1.08. The Morgan fingerprint density at radius 2 is 2.00 bits per heavy atom. The van der Waals surface area contributed by atoms with E-state index in [2.05, 4.69) is 25.6 Å². The van der Waals surface area contributed by atoms with Crippen LogP contribution in [0.15, 0.2) is 0 Å². The summed E-state index contributed by atoms with van der Waals surface area (Å²) in [5, 5.41) is 13.5. The molecule has 0 unspecified atom stereocenters. The second-order valence-electron chi connectivity index (χ2n) is 6.36. The Hall–Kier alpha value is -1.43. The highest BCUT2D eigenvalue weighted by Crippen LogP contribution is 2.25. The first kappa shape index (κ1) is 14.5. The molecule has 1 aliphatic heterocycles. The van der Waals surface area contributed by atoms with Crippen LogP contribution in [-0.4, -0.2) is 51.4 Å². The molecule has 1 aromatic heterocycles. The van der Waals surface area contributed by atoms with Gasteiger partial charge >= 0.3 is 0 Å². The molecule has 3 rings (SSSR count). The summed E-state index contributed by atoms with van der Waals surface area (Å²) in [6.45, 7) is 3.96. The standard InChI is InChI=1S/C15H25N5O/c1-11-14(18-19-17-11)15(21)16-12-6-5-9-20(10-12)13-7-3-2-4-8-13/h12-13H,2-10H2,1H3,(H,16,21)(H,17,18,19)/t12-/m1/s1. The van der Waals surface area contributed by atoms with Crippen LogP contribution in [0, 0.1) is 6.92 Å². The number of aromatic amines is 1. The lowest BCUT2D eigenvalue weighted by Crippen LogP contribution is -2.51. The zero-order valence-corrected chi connectivity index (χ0v) is 12.8. The van der Waals surface area contributed by atoms with Crippen LogP contribution in [-0.2, 0) is 0 Å². The van der Waals surface area contributed by atoms with Crippen LogP contribution in [0.1, 0.15) is 61.1 Å². The van der Waals surface area contributed by atoms with Crippen molar-refractivity contribution in [2.75, 3.05) is 13.1 Å². The fourth-order valence-corrected chi connectivity index (χ4v) is 3.65. The molecule has 1 atom stereocenters. The van der Waals surface area contributed by atoms with Crippen LogP contribution < -0.4 is 5.32 Å². The maximum Gasteiger partial charge on any atom is 0.274 e. The van der Waals surface area contributed by atoms with E-state index in [1.54, 1.807) is 6.92 Å². The Kier molecular flexibility index (Phi) is 4.53. The average molecular weight is 291 g/mol. The molecule has 1 saturated heterocycles. The minimum atomic E-state index is -0.100. The number of hydrogen-bond acceptors (Lipinski definition) is 4. The van der Waals surface area contributed by atoms with Crippen molar-refractivity contribution in [3.05, 3.63) is 11.4 Å². The van der Waals surface area contributed by atoms with Gasteiger partial charge in [-0.3, -0.25) is 9.69 Å². The number of carbonyl (C=O) groups excluding carboxylic acids is 1. The number of nitrogens with zero attached hydrogens (tertiary/aromatic N) is 3. The van der Waals surface area contributed by atoms with E-state index in [-0.39, 0.29) is 11.9 Å². The van der Waals surface area contributed by atoms with Gasteiger partial charge in [0.1, 0.15) is 0 Å². The molecule has 116 valence electrons. The smallest absolute Gasteiger partial charge is 0.274 e. The Bertz CT molecular complexity index is 480. The van der Waals surface area contributed by atoms with Crippen LogP contribution >= 0.6 is 0 Å². The van der Waals surface area contributed by atoms with E-state index in [0.29, 0.717) is 11.4 Å². The van der Waals surface area contributed by atoms with E-state index < -0.39 is 0 Å². The minimum Gasteiger partial charge on any atom is -0.347 e. The summed E-state index contributed by atoms with van der Waals surface area (Å²) in [6.07, 6.45) is 8.97. The number of aryl methyl sites for hydroxylation is 1. The summed E-state index contributed by atoms with van der Waals surface area (Å²) < 4.78 is 0. The fraction of sp³-hybridized carbons (Fsp3) is 0.800. The summed E-state index contributed by atoms with van der Waals surface area (Å²) >= 11 is 0. The number of nitrogens with one attached hydrogen (secondary N) is 2. The van der Waals surface area contributed by atoms with Crippen molar-refractivity contribution in [1.29, 1.82) is 0 Å². The van der Waals surface area contributed by atoms with Gasteiger partial charge in [-0.05, 0) is 39.2 Å². The van der Waals surface area contributed by atoms with E-state index in [1.165, 1.54) is 45.1 Å². The topological polar surface area (TPSA) is 73.9 Å². The lowest BCUT2D eigenvalue weighted by molar-refractivity contribution is 0.0831. The molecule has 21 heavy (non-hydrogen) atoms. The van der Waals surface area contributed by atoms with Crippen LogP contribution in [0.25, 0.3) is 0 Å². The Morgan fingerprint density at radius 1 is 1.19 bits per heavy atom. The lowest BCUT2D eigenvalue weighted by atomic mass is 9.92. The number of aromatic nitrogens is 3. The maximum absolute atomic E-state index is 12.2. The molecular formula is C15H25N5O. The average Bonchev–Trinajstić information content (AvgIpc) is 2.95. The SMILES string of the molecule is Cc1n[nH]nc1C(=O)N[C@@H]1CCCN(C2CCCCC2)C1. The van der Waals surface area contributed by atoms with Crippen molar-refractivity contribution < 1.29 is 4.79 Å². The fourth-order valence-electron chi connectivity index (χ4n) is 3.65. The molecule has 0 spiro atoms. The third kappa shape index (κ3) is 3.43. The first-order chi connectivity index (χ1) is 10.2. The van der Waals surface area contributed by atoms with Crippen LogP contribution in [0.2, 0.25) is 0 Å². The molecule has 2 fully saturated rings. The predicted octanol–water partition coefficient (Wildman–Crippen LogP) is 1.64. The number of carbonyl (C=O) groups is 1. The van der Waals surface area contributed by atoms with Crippen molar-refractivity contribution in [1.82, 2.24) is 25.6 Å². The maximum atomic E-state index is 12.2. The first-order valence-electron chi connectivity index (χ1n) is 8.16. The minimum absolute atomic E-state index is 0.100. The lowest BCUT2D eigenvalue weighted by Gasteiger charge is -2.40. The Labute approximate surface area is 125 Å². The van der Waals surface area contributed by atoms with E-state index in [1.807, 2.05) is 0 Å². The second kappa shape index (κ2) is 6.56. The van der Waals surface area contributed by atoms with Crippen molar-refractivity contribution >= 4 is 5.91 Å². The number of H-pyrrole nitrogens is 1. The summed E-state index contributed by atoms with van der Waals surface area (Å²) in [6, 6.07) is 0.969. The molecular weight excluding hydrogens is 266 g/mol.